The van der Waals surface area contributed by atoms with E-state index >= 15 is 0 Å². The Morgan fingerprint density at radius 3 is 2.71 bits per heavy atom. The molecule has 2 atom stereocenters. The number of hydrogen-bond donors (Lipinski definition) is 2. The summed E-state index contributed by atoms with van der Waals surface area (Å²) in [5.74, 6) is -0.978. The number of nitrogens with one attached hydrogen (secondary N) is 1. The summed E-state index contributed by atoms with van der Waals surface area (Å²) in [7, 11) is 0. The van der Waals surface area contributed by atoms with Gasteiger partial charge in [-0.15, -0.1) is 0 Å². The van der Waals surface area contributed by atoms with Gasteiger partial charge in [0.2, 0.25) is 5.91 Å². The first-order valence-electron chi connectivity index (χ1n) is 7.47. The molecule has 2 aliphatic rings. The van der Waals surface area contributed by atoms with E-state index in [1.165, 1.54) is 4.90 Å². The number of carboxylic acid groups (broad SMARTS) is 1. The van der Waals surface area contributed by atoms with Gasteiger partial charge in [-0.2, -0.15) is 0 Å². The van der Waals surface area contributed by atoms with Crippen LogP contribution in [0.1, 0.15) is 30.4 Å². The lowest BCUT2D eigenvalue weighted by molar-refractivity contribution is -0.151. The van der Waals surface area contributed by atoms with Crippen molar-refractivity contribution in [1.82, 2.24) is 10.2 Å². The highest BCUT2D eigenvalue weighted by Crippen LogP contribution is 2.25. The van der Waals surface area contributed by atoms with E-state index in [0.29, 0.717) is 19.4 Å². The normalized spacial score (nSPS) is 24.7. The zero-order valence-corrected chi connectivity index (χ0v) is 11.9. The zero-order valence-electron chi connectivity index (χ0n) is 11.9. The number of hydrogen-bond acceptors (Lipinski definition) is 3. The van der Waals surface area contributed by atoms with Crippen LogP contribution in [0.25, 0.3) is 0 Å². The predicted octanol–water partition coefficient (Wildman–Crippen LogP) is 1.17. The molecule has 1 saturated heterocycles. The SMILES string of the molecule is O=C(O)[C@@H]1Cc2ccccc2CN1C(=O)CC1CCCN1. The molecule has 0 radical (unpaired) electrons. The molecule has 0 spiro atoms. The molecule has 0 bridgehead atoms. The maximum atomic E-state index is 12.5. The summed E-state index contributed by atoms with van der Waals surface area (Å²) in [6.45, 7) is 1.35. The van der Waals surface area contributed by atoms with Gasteiger partial charge in [0, 0.05) is 25.4 Å². The Morgan fingerprint density at radius 1 is 1.29 bits per heavy atom. The van der Waals surface area contributed by atoms with Crippen molar-refractivity contribution >= 4 is 11.9 Å². The number of amides is 1. The third-order valence-corrected chi connectivity index (χ3v) is 4.44. The van der Waals surface area contributed by atoms with Gasteiger partial charge in [0.05, 0.1) is 0 Å². The number of carboxylic acids is 1. The first-order chi connectivity index (χ1) is 10.1. The van der Waals surface area contributed by atoms with Crippen LogP contribution in [0.5, 0.6) is 0 Å². The molecule has 21 heavy (non-hydrogen) atoms. The Hall–Kier alpha value is -1.88. The second-order valence-corrected chi connectivity index (χ2v) is 5.85. The third-order valence-electron chi connectivity index (χ3n) is 4.44. The van der Waals surface area contributed by atoms with Crippen LogP contribution < -0.4 is 5.32 Å². The Balaban J connectivity index is 1.78. The minimum Gasteiger partial charge on any atom is -0.480 e. The number of benzene rings is 1. The van der Waals surface area contributed by atoms with Crippen molar-refractivity contribution in [1.29, 1.82) is 0 Å². The van der Waals surface area contributed by atoms with E-state index in [4.69, 9.17) is 0 Å². The molecule has 1 amide bonds. The van der Waals surface area contributed by atoms with Crippen molar-refractivity contribution in [3.8, 4) is 0 Å². The molecule has 2 aliphatic heterocycles. The summed E-state index contributed by atoms with van der Waals surface area (Å²) in [5.41, 5.74) is 2.09. The van der Waals surface area contributed by atoms with E-state index in [0.717, 1.165) is 30.5 Å². The smallest absolute Gasteiger partial charge is 0.326 e. The predicted molar refractivity (Wildman–Crippen MR) is 77.8 cm³/mol. The maximum Gasteiger partial charge on any atom is 0.326 e. The van der Waals surface area contributed by atoms with Gasteiger partial charge in [-0.25, -0.2) is 4.79 Å². The molecule has 5 heteroatoms. The second-order valence-electron chi connectivity index (χ2n) is 5.85. The highest BCUT2D eigenvalue weighted by Gasteiger charge is 2.35. The fraction of sp³-hybridized carbons (Fsp3) is 0.500. The van der Waals surface area contributed by atoms with E-state index < -0.39 is 12.0 Å². The average Bonchev–Trinajstić information content (AvgIpc) is 2.98. The van der Waals surface area contributed by atoms with E-state index in [-0.39, 0.29) is 11.9 Å². The lowest BCUT2D eigenvalue weighted by Crippen LogP contribution is -2.49. The highest BCUT2D eigenvalue weighted by molar-refractivity contribution is 5.85. The largest absolute Gasteiger partial charge is 0.480 e. The van der Waals surface area contributed by atoms with Crippen LogP contribution in [0.3, 0.4) is 0 Å². The quantitative estimate of drug-likeness (QED) is 0.876. The van der Waals surface area contributed by atoms with Gasteiger partial charge in [-0.1, -0.05) is 24.3 Å². The van der Waals surface area contributed by atoms with Crippen molar-refractivity contribution in [2.75, 3.05) is 6.54 Å². The van der Waals surface area contributed by atoms with E-state index in [1.807, 2.05) is 24.3 Å². The van der Waals surface area contributed by atoms with Gasteiger partial charge < -0.3 is 15.3 Å². The molecule has 1 aromatic carbocycles. The summed E-state index contributed by atoms with van der Waals surface area (Å²) in [4.78, 5) is 25.5. The van der Waals surface area contributed by atoms with Crippen molar-refractivity contribution in [2.24, 2.45) is 0 Å². The molecule has 1 fully saturated rings. The number of carbonyl (C=O) groups is 2. The molecule has 2 heterocycles. The topological polar surface area (TPSA) is 69.6 Å². The number of rotatable bonds is 3. The molecular formula is C16H20N2O3. The van der Waals surface area contributed by atoms with Gasteiger partial charge in [-0.3, -0.25) is 4.79 Å². The molecule has 0 aromatic heterocycles. The number of fused-ring (bicyclic) bond motifs is 1. The molecule has 1 aromatic rings. The van der Waals surface area contributed by atoms with Crippen molar-refractivity contribution in [3.63, 3.8) is 0 Å². The lowest BCUT2D eigenvalue weighted by Gasteiger charge is -2.35. The van der Waals surface area contributed by atoms with Gasteiger partial charge in [0.1, 0.15) is 6.04 Å². The Bertz CT molecular complexity index is 552. The molecule has 0 saturated carbocycles. The minimum absolute atomic E-state index is 0.0590. The lowest BCUT2D eigenvalue weighted by atomic mass is 9.93. The Labute approximate surface area is 123 Å². The van der Waals surface area contributed by atoms with Crippen LogP contribution >= 0.6 is 0 Å². The van der Waals surface area contributed by atoms with Gasteiger partial charge in [0.15, 0.2) is 0 Å². The van der Waals surface area contributed by atoms with Crippen LogP contribution in [0.15, 0.2) is 24.3 Å². The van der Waals surface area contributed by atoms with E-state index in [2.05, 4.69) is 5.32 Å². The fourth-order valence-corrected chi connectivity index (χ4v) is 3.26. The number of carbonyl (C=O) groups excluding carboxylic acids is 1. The van der Waals surface area contributed by atoms with Crippen LogP contribution in [0, 0.1) is 0 Å². The van der Waals surface area contributed by atoms with E-state index in [9.17, 15) is 14.7 Å². The van der Waals surface area contributed by atoms with E-state index in [1.54, 1.807) is 0 Å². The van der Waals surface area contributed by atoms with Crippen molar-refractivity contribution in [3.05, 3.63) is 35.4 Å². The zero-order chi connectivity index (χ0) is 14.8. The maximum absolute atomic E-state index is 12.5. The summed E-state index contributed by atoms with van der Waals surface area (Å²) >= 11 is 0. The monoisotopic (exact) mass is 288 g/mol. The highest BCUT2D eigenvalue weighted by atomic mass is 16.4. The first kappa shape index (κ1) is 14.1. The number of aliphatic carboxylic acids is 1. The Morgan fingerprint density at radius 2 is 2.05 bits per heavy atom. The molecular weight excluding hydrogens is 268 g/mol. The first-order valence-corrected chi connectivity index (χ1v) is 7.47. The van der Waals surface area contributed by atoms with Gasteiger partial charge in [-0.05, 0) is 30.5 Å². The van der Waals surface area contributed by atoms with Crippen LogP contribution in [-0.2, 0) is 22.6 Å². The standard InChI is InChI=1S/C16H20N2O3/c19-15(9-13-6-3-7-17-13)18-10-12-5-2-1-4-11(12)8-14(18)16(20)21/h1-2,4-5,13-14,17H,3,6-10H2,(H,20,21)/t13?,14-/m0/s1. The summed E-state index contributed by atoms with van der Waals surface area (Å²) in [5, 5.41) is 12.7. The minimum atomic E-state index is -0.919. The van der Waals surface area contributed by atoms with Crippen LogP contribution in [0.2, 0.25) is 0 Å². The molecule has 1 unspecified atom stereocenters. The fourth-order valence-electron chi connectivity index (χ4n) is 3.26. The molecule has 5 nitrogen and oxygen atoms in total. The molecule has 112 valence electrons. The summed E-state index contributed by atoms with van der Waals surface area (Å²) in [6.07, 6.45) is 2.87. The van der Waals surface area contributed by atoms with Crippen LogP contribution in [-0.4, -0.2) is 40.5 Å². The van der Waals surface area contributed by atoms with Crippen LogP contribution in [0.4, 0.5) is 0 Å². The molecule has 2 N–H and O–H groups in total. The van der Waals surface area contributed by atoms with Crippen molar-refractivity contribution in [2.45, 2.75) is 44.3 Å². The Kier molecular flexibility index (Phi) is 3.92. The second kappa shape index (κ2) is 5.85. The average molecular weight is 288 g/mol. The van der Waals surface area contributed by atoms with Gasteiger partial charge in [0.25, 0.3) is 0 Å². The summed E-state index contributed by atoms with van der Waals surface area (Å²) in [6, 6.07) is 7.23. The molecule has 0 aliphatic carbocycles. The molecule has 3 rings (SSSR count). The third kappa shape index (κ3) is 2.93. The summed E-state index contributed by atoms with van der Waals surface area (Å²) < 4.78 is 0. The van der Waals surface area contributed by atoms with Crippen molar-refractivity contribution < 1.29 is 14.7 Å². The number of nitrogens with zero attached hydrogens (tertiary/aromatic N) is 1. The van der Waals surface area contributed by atoms with Gasteiger partial charge >= 0.3 is 5.97 Å².